The van der Waals surface area contributed by atoms with Crippen LogP contribution in [0.15, 0.2) is 59.5 Å². The number of benzene rings is 2. The Morgan fingerprint density at radius 2 is 1.58 bits per heavy atom. The lowest BCUT2D eigenvalue weighted by Gasteiger charge is -2.07. The Balaban J connectivity index is 1.74. The molecule has 2 atom stereocenters. The monoisotopic (exact) mass is 343 g/mol. The number of sulfone groups is 1. The van der Waals surface area contributed by atoms with Crippen LogP contribution in [-0.2, 0) is 9.84 Å². The summed E-state index contributed by atoms with van der Waals surface area (Å²) < 4.78 is 23.0. The maximum atomic E-state index is 12.5. The van der Waals surface area contributed by atoms with Crippen LogP contribution in [0.5, 0.6) is 0 Å². The molecule has 1 N–H and O–H groups in total. The van der Waals surface area contributed by atoms with Crippen molar-refractivity contribution in [2.24, 2.45) is 5.41 Å². The molecule has 126 valence electrons. The molecule has 0 aromatic heterocycles. The number of hydrogen-bond donors (Lipinski definition) is 1. The van der Waals surface area contributed by atoms with E-state index in [0.717, 1.165) is 6.26 Å². The van der Waals surface area contributed by atoms with Crippen molar-refractivity contribution in [2.45, 2.75) is 30.7 Å². The van der Waals surface area contributed by atoms with Crippen LogP contribution in [0.1, 0.15) is 35.7 Å². The third-order valence-electron chi connectivity index (χ3n) is 4.82. The molecule has 0 bridgehead atoms. The van der Waals surface area contributed by atoms with Crippen LogP contribution in [0.4, 0.5) is 0 Å². The molecule has 0 spiro atoms. The number of carbonyl (C=O) groups is 1. The molecule has 1 fully saturated rings. The van der Waals surface area contributed by atoms with Gasteiger partial charge in [-0.25, -0.2) is 8.42 Å². The molecule has 1 saturated carbocycles. The van der Waals surface area contributed by atoms with E-state index in [-0.39, 0.29) is 28.2 Å². The fourth-order valence-electron chi connectivity index (χ4n) is 3.27. The zero-order valence-electron chi connectivity index (χ0n) is 14.0. The smallest absolute Gasteiger partial charge is 0.251 e. The van der Waals surface area contributed by atoms with Gasteiger partial charge in [0.05, 0.1) is 4.90 Å². The van der Waals surface area contributed by atoms with Crippen molar-refractivity contribution in [1.29, 1.82) is 0 Å². The molecular weight excluding hydrogens is 322 g/mol. The Bertz CT molecular complexity index is 855. The second kappa shape index (κ2) is 5.74. The normalized spacial score (nSPS) is 22.0. The molecule has 0 aliphatic heterocycles. The summed E-state index contributed by atoms with van der Waals surface area (Å²) in [6, 6.07) is 16.3. The van der Waals surface area contributed by atoms with Gasteiger partial charge in [0.15, 0.2) is 9.84 Å². The lowest BCUT2D eigenvalue weighted by Crippen LogP contribution is -2.28. The first kappa shape index (κ1) is 16.7. The first-order valence-electron chi connectivity index (χ1n) is 7.87. The van der Waals surface area contributed by atoms with Gasteiger partial charge in [-0.1, -0.05) is 44.2 Å². The van der Waals surface area contributed by atoms with Crippen LogP contribution in [0.2, 0.25) is 0 Å². The SMILES string of the molecule is CC1(C)[C@@H](NC(=O)c2ccc(S(C)(=O)=O)cc2)[C@@H]1c1ccccc1. The molecule has 1 aliphatic rings. The van der Waals surface area contributed by atoms with Crippen LogP contribution < -0.4 is 5.32 Å². The fraction of sp³-hybridized carbons (Fsp3) is 0.316. The maximum absolute atomic E-state index is 12.5. The summed E-state index contributed by atoms with van der Waals surface area (Å²) in [5.41, 5.74) is 1.70. The van der Waals surface area contributed by atoms with Crippen molar-refractivity contribution in [3.8, 4) is 0 Å². The fourth-order valence-corrected chi connectivity index (χ4v) is 3.90. The van der Waals surface area contributed by atoms with Crippen molar-refractivity contribution < 1.29 is 13.2 Å². The summed E-state index contributed by atoms with van der Waals surface area (Å²) in [7, 11) is -3.25. The molecule has 1 aliphatic carbocycles. The van der Waals surface area contributed by atoms with Crippen molar-refractivity contribution in [2.75, 3.05) is 6.26 Å². The maximum Gasteiger partial charge on any atom is 0.251 e. The van der Waals surface area contributed by atoms with Crippen molar-refractivity contribution in [3.05, 3.63) is 65.7 Å². The molecule has 1 amide bonds. The quantitative estimate of drug-likeness (QED) is 0.928. The van der Waals surface area contributed by atoms with Gasteiger partial charge in [0.25, 0.3) is 5.91 Å². The van der Waals surface area contributed by atoms with Gasteiger partial charge in [-0.15, -0.1) is 0 Å². The van der Waals surface area contributed by atoms with Crippen LogP contribution in [-0.4, -0.2) is 26.6 Å². The van der Waals surface area contributed by atoms with Crippen molar-refractivity contribution in [3.63, 3.8) is 0 Å². The van der Waals surface area contributed by atoms with Gasteiger partial charge in [-0.05, 0) is 35.2 Å². The standard InChI is InChI=1S/C19H21NO3S/c1-19(2)16(13-7-5-4-6-8-13)17(19)20-18(21)14-9-11-15(12-10-14)24(3,22)23/h4-12,16-17H,1-3H3,(H,20,21)/t16-,17-/m0/s1. The highest BCUT2D eigenvalue weighted by Gasteiger charge is 2.59. The first-order valence-corrected chi connectivity index (χ1v) is 9.76. The summed E-state index contributed by atoms with van der Waals surface area (Å²) in [5.74, 6) is 0.115. The van der Waals surface area contributed by atoms with Gasteiger partial charge in [-0.3, -0.25) is 4.79 Å². The molecule has 4 nitrogen and oxygen atoms in total. The molecule has 2 aromatic carbocycles. The Kier molecular flexibility index (Phi) is 4.00. The van der Waals surface area contributed by atoms with E-state index in [1.54, 1.807) is 12.1 Å². The molecule has 24 heavy (non-hydrogen) atoms. The zero-order valence-corrected chi connectivity index (χ0v) is 14.8. The molecule has 0 saturated heterocycles. The minimum atomic E-state index is -3.25. The van der Waals surface area contributed by atoms with Crippen LogP contribution in [0.25, 0.3) is 0 Å². The second-order valence-electron chi connectivity index (χ2n) is 6.96. The van der Waals surface area contributed by atoms with Crippen LogP contribution >= 0.6 is 0 Å². The minimum Gasteiger partial charge on any atom is -0.348 e. The van der Waals surface area contributed by atoms with Crippen molar-refractivity contribution >= 4 is 15.7 Å². The third kappa shape index (κ3) is 3.08. The predicted molar refractivity (Wildman–Crippen MR) is 93.8 cm³/mol. The Morgan fingerprint density at radius 1 is 1.00 bits per heavy atom. The van der Waals surface area contributed by atoms with Gasteiger partial charge in [0.1, 0.15) is 0 Å². The van der Waals surface area contributed by atoms with Gasteiger partial charge in [0, 0.05) is 23.8 Å². The van der Waals surface area contributed by atoms with E-state index in [9.17, 15) is 13.2 Å². The summed E-state index contributed by atoms with van der Waals surface area (Å²) >= 11 is 0. The van der Waals surface area contributed by atoms with Gasteiger partial charge < -0.3 is 5.32 Å². The molecule has 0 heterocycles. The molecule has 5 heteroatoms. The van der Waals surface area contributed by atoms with E-state index in [2.05, 4.69) is 31.3 Å². The number of amides is 1. The Labute approximate surface area is 142 Å². The molecule has 3 rings (SSSR count). The van der Waals surface area contributed by atoms with E-state index in [4.69, 9.17) is 0 Å². The summed E-state index contributed by atoms with van der Waals surface area (Å²) in [6.45, 7) is 4.28. The van der Waals surface area contributed by atoms with Gasteiger partial charge >= 0.3 is 0 Å². The summed E-state index contributed by atoms with van der Waals surface area (Å²) in [5, 5.41) is 3.08. The molecule has 0 radical (unpaired) electrons. The topological polar surface area (TPSA) is 63.2 Å². The largest absolute Gasteiger partial charge is 0.348 e. The highest BCUT2D eigenvalue weighted by molar-refractivity contribution is 7.90. The van der Waals surface area contributed by atoms with E-state index in [1.165, 1.54) is 17.7 Å². The van der Waals surface area contributed by atoms with Gasteiger partial charge in [0.2, 0.25) is 0 Å². The van der Waals surface area contributed by atoms with Crippen molar-refractivity contribution in [1.82, 2.24) is 5.32 Å². The Morgan fingerprint density at radius 3 is 2.12 bits per heavy atom. The number of carbonyl (C=O) groups excluding carboxylic acids is 1. The highest BCUT2D eigenvalue weighted by atomic mass is 32.2. The lowest BCUT2D eigenvalue weighted by atomic mass is 10.0. The average Bonchev–Trinajstić information content (AvgIpc) is 3.08. The van der Waals surface area contributed by atoms with E-state index in [1.807, 2.05) is 18.2 Å². The van der Waals surface area contributed by atoms with Crippen LogP contribution in [0.3, 0.4) is 0 Å². The molecular formula is C19H21NO3S. The first-order chi connectivity index (χ1) is 11.2. The molecule has 2 aromatic rings. The highest BCUT2D eigenvalue weighted by Crippen LogP contribution is 2.58. The van der Waals surface area contributed by atoms with E-state index in [0.29, 0.717) is 5.56 Å². The number of nitrogens with one attached hydrogen (secondary N) is 1. The minimum absolute atomic E-state index is 0.00368. The molecule has 0 unspecified atom stereocenters. The summed E-state index contributed by atoms with van der Waals surface area (Å²) in [4.78, 5) is 12.7. The predicted octanol–water partition coefficient (Wildman–Crippen LogP) is 3.01. The zero-order chi connectivity index (χ0) is 17.5. The lowest BCUT2D eigenvalue weighted by molar-refractivity contribution is 0.0946. The van der Waals surface area contributed by atoms with Gasteiger partial charge in [-0.2, -0.15) is 0 Å². The third-order valence-corrected chi connectivity index (χ3v) is 5.95. The average molecular weight is 343 g/mol. The van der Waals surface area contributed by atoms with E-state index >= 15 is 0 Å². The number of hydrogen-bond acceptors (Lipinski definition) is 3. The number of rotatable bonds is 4. The Hall–Kier alpha value is -2.14. The summed E-state index contributed by atoms with van der Waals surface area (Å²) in [6.07, 6.45) is 1.15. The van der Waals surface area contributed by atoms with Crippen LogP contribution in [0, 0.1) is 5.41 Å². The van der Waals surface area contributed by atoms with E-state index < -0.39 is 9.84 Å². The second-order valence-corrected chi connectivity index (χ2v) is 8.97.